The van der Waals surface area contributed by atoms with Crippen LogP contribution in [0.4, 0.5) is 4.79 Å². The Morgan fingerprint density at radius 3 is 2.65 bits per heavy atom. The summed E-state index contributed by atoms with van der Waals surface area (Å²) in [6.45, 7) is 5.81. The van der Waals surface area contributed by atoms with Gasteiger partial charge in [-0.25, -0.2) is 4.79 Å². The molecule has 0 saturated heterocycles. The molecule has 0 heterocycles. The molecule has 0 aliphatic carbocycles. The molecule has 0 aliphatic heterocycles. The molecule has 0 aromatic heterocycles. The third kappa shape index (κ3) is 4.18. The predicted molar refractivity (Wildman–Crippen MR) is 67.1 cm³/mol. The first kappa shape index (κ1) is 13.1. The van der Waals surface area contributed by atoms with E-state index in [1.807, 2.05) is 32.9 Å². The smallest absolute Gasteiger partial charge is 0.409 e. The molecule has 1 aromatic rings. The lowest BCUT2D eigenvalue weighted by Gasteiger charge is -2.13. The molecule has 0 unspecified atom stereocenters. The molecule has 0 bridgehead atoms. The van der Waals surface area contributed by atoms with Gasteiger partial charge in [-0.2, -0.15) is 0 Å². The monoisotopic (exact) mass is 235 g/mol. The Balaban J connectivity index is 3.03. The molecule has 4 nitrogen and oxygen atoms in total. The highest BCUT2D eigenvalue weighted by Crippen LogP contribution is 2.26. The first-order valence-electron chi connectivity index (χ1n) is 5.43. The molecule has 0 spiro atoms. The van der Waals surface area contributed by atoms with E-state index in [2.05, 4.69) is 0 Å². The predicted octanol–water partition coefficient (Wildman–Crippen LogP) is 2.96. The van der Waals surface area contributed by atoms with Crippen LogP contribution in [0.15, 0.2) is 24.3 Å². The Hall–Kier alpha value is -1.97. The molecule has 2 N–H and O–H groups in total. The fraction of sp³-hybridized carbons (Fsp3) is 0.308. The molecule has 1 rings (SSSR count). The molecule has 92 valence electrons. The van der Waals surface area contributed by atoms with E-state index in [-0.39, 0.29) is 6.10 Å². The van der Waals surface area contributed by atoms with Crippen LogP contribution < -0.4 is 15.2 Å². The fourth-order valence-corrected chi connectivity index (χ4v) is 1.38. The molecule has 0 atom stereocenters. The first-order valence-corrected chi connectivity index (χ1v) is 5.43. The number of carbonyl (C=O) groups is 1. The van der Waals surface area contributed by atoms with Gasteiger partial charge in [-0.3, -0.25) is 0 Å². The minimum Gasteiger partial charge on any atom is -0.490 e. The molecule has 0 fully saturated rings. The first-order chi connectivity index (χ1) is 8.02. The molecule has 0 saturated carbocycles. The van der Waals surface area contributed by atoms with Crippen molar-refractivity contribution in [3.05, 3.63) is 29.8 Å². The second-order valence-corrected chi connectivity index (χ2v) is 3.79. The van der Waals surface area contributed by atoms with Crippen molar-refractivity contribution in [2.24, 2.45) is 5.73 Å². The minimum absolute atomic E-state index is 0.0851. The normalized spacial score (nSPS) is 10.8. The van der Waals surface area contributed by atoms with Crippen molar-refractivity contribution >= 4 is 12.2 Å². The molecular weight excluding hydrogens is 218 g/mol. The maximum absolute atomic E-state index is 10.7. The zero-order chi connectivity index (χ0) is 12.8. The fourth-order valence-electron chi connectivity index (χ4n) is 1.38. The summed E-state index contributed by atoms with van der Waals surface area (Å²) in [5.74, 6) is 1.15. The van der Waals surface area contributed by atoms with Gasteiger partial charge in [0.05, 0.1) is 6.10 Å². The van der Waals surface area contributed by atoms with Gasteiger partial charge in [0, 0.05) is 5.56 Å². The Bertz CT molecular complexity index is 425. The average Bonchev–Trinajstić information content (AvgIpc) is 2.21. The van der Waals surface area contributed by atoms with Crippen LogP contribution in [0, 0.1) is 0 Å². The largest absolute Gasteiger partial charge is 0.490 e. The van der Waals surface area contributed by atoms with Crippen LogP contribution in [-0.4, -0.2) is 12.2 Å². The van der Waals surface area contributed by atoms with Crippen LogP contribution in [0.5, 0.6) is 11.5 Å². The Morgan fingerprint density at radius 2 is 2.12 bits per heavy atom. The van der Waals surface area contributed by atoms with Gasteiger partial charge >= 0.3 is 6.09 Å². The zero-order valence-electron chi connectivity index (χ0n) is 10.3. The van der Waals surface area contributed by atoms with Crippen molar-refractivity contribution in [1.29, 1.82) is 0 Å². The maximum Gasteiger partial charge on any atom is 0.409 e. The van der Waals surface area contributed by atoms with Crippen molar-refractivity contribution in [1.82, 2.24) is 0 Å². The maximum atomic E-state index is 10.7. The van der Waals surface area contributed by atoms with Crippen LogP contribution in [0.1, 0.15) is 26.3 Å². The van der Waals surface area contributed by atoms with E-state index in [9.17, 15) is 4.79 Å². The number of allylic oxidation sites excluding steroid dienone is 1. The Labute approximate surface area is 101 Å². The third-order valence-electron chi connectivity index (χ3n) is 1.91. The van der Waals surface area contributed by atoms with Gasteiger partial charge in [0.15, 0.2) is 0 Å². The van der Waals surface area contributed by atoms with Crippen LogP contribution in [0.3, 0.4) is 0 Å². The standard InChI is InChI=1S/C13H17NO3/c1-4-5-10-8-11(17-13(14)15)6-7-12(10)16-9(2)3/h4-9H,1-3H3,(H2,14,15)/b5-4+. The summed E-state index contributed by atoms with van der Waals surface area (Å²) in [4.78, 5) is 10.7. The number of hydrogen-bond acceptors (Lipinski definition) is 3. The minimum atomic E-state index is -0.825. The summed E-state index contributed by atoms with van der Waals surface area (Å²) in [6, 6.07) is 5.12. The summed E-state index contributed by atoms with van der Waals surface area (Å²) in [6.07, 6.45) is 3.03. The van der Waals surface area contributed by atoms with Gasteiger partial charge in [0.25, 0.3) is 0 Å². The average molecular weight is 235 g/mol. The van der Waals surface area contributed by atoms with Crippen LogP contribution >= 0.6 is 0 Å². The van der Waals surface area contributed by atoms with E-state index in [0.29, 0.717) is 5.75 Å². The zero-order valence-corrected chi connectivity index (χ0v) is 10.3. The Kier molecular flexibility index (Phi) is 4.57. The van der Waals surface area contributed by atoms with E-state index in [4.69, 9.17) is 15.2 Å². The van der Waals surface area contributed by atoms with Crippen molar-refractivity contribution < 1.29 is 14.3 Å². The van der Waals surface area contributed by atoms with Crippen molar-refractivity contribution in [3.63, 3.8) is 0 Å². The molecule has 4 heteroatoms. The van der Waals surface area contributed by atoms with Crippen molar-refractivity contribution in [3.8, 4) is 11.5 Å². The highest BCUT2D eigenvalue weighted by molar-refractivity contribution is 5.69. The van der Waals surface area contributed by atoms with Crippen LogP contribution in [0.25, 0.3) is 6.08 Å². The number of carbonyl (C=O) groups excluding carboxylic acids is 1. The lowest BCUT2D eigenvalue weighted by atomic mass is 10.1. The van der Waals surface area contributed by atoms with Gasteiger partial charge in [-0.15, -0.1) is 0 Å². The van der Waals surface area contributed by atoms with Gasteiger partial charge in [0.1, 0.15) is 11.5 Å². The summed E-state index contributed by atoms with van der Waals surface area (Å²) < 4.78 is 10.4. The van der Waals surface area contributed by atoms with Gasteiger partial charge in [-0.1, -0.05) is 12.2 Å². The van der Waals surface area contributed by atoms with E-state index < -0.39 is 6.09 Å². The summed E-state index contributed by atoms with van der Waals surface area (Å²) in [7, 11) is 0. The van der Waals surface area contributed by atoms with Crippen LogP contribution in [0.2, 0.25) is 0 Å². The number of benzene rings is 1. The van der Waals surface area contributed by atoms with Gasteiger partial charge < -0.3 is 15.2 Å². The number of nitrogens with two attached hydrogens (primary N) is 1. The van der Waals surface area contributed by atoms with E-state index in [1.54, 1.807) is 18.2 Å². The lowest BCUT2D eigenvalue weighted by Crippen LogP contribution is -2.16. The molecule has 1 aromatic carbocycles. The van der Waals surface area contributed by atoms with E-state index in [1.165, 1.54) is 0 Å². The van der Waals surface area contributed by atoms with Crippen molar-refractivity contribution in [2.45, 2.75) is 26.9 Å². The number of amides is 1. The molecule has 1 amide bonds. The van der Waals surface area contributed by atoms with E-state index >= 15 is 0 Å². The number of ether oxygens (including phenoxy) is 2. The summed E-state index contributed by atoms with van der Waals surface area (Å²) in [5.41, 5.74) is 5.80. The lowest BCUT2D eigenvalue weighted by molar-refractivity contribution is 0.210. The van der Waals surface area contributed by atoms with Crippen molar-refractivity contribution in [2.75, 3.05) is 0 Å². The summed E-state index contributed by atoms with van der Waals surface area (Å²) in [5, 5.41) is 0. The Morgan fingerprint density at radius 1 is 1.41 bits per heavy atom. The number of rotatable bonds is 4. The topological polar surface area (TPSA) is 61.5 Å². The molecule has 0 aliphatic rings. The number of primary amides is 1. The molecule has 0 radical (unpaired) electrons. The SMILES string of the molecule is C/C=C/c1cc(OC(N)=O)ccc1OC(C)C. The second kappa shape index (κ2) is 5.94. The second-order valence-electron chi connectivity index (χ2n) is 3.79. The highest BCUT2D eigenvalue weighted by Gasteiger charge is 2.06. The summed E-state index contributed by atoms with van der Waals surface area (Å²) >= 11 is 0. The van der Waals surface area contributed by atoms with Gasteiger partial charge in [-0.05, 0) is 39.0 Å². The molecule has 17 heavy (non-hydrogen) atoms. The third-order valence-corrected chi connectivity index (χ3v) is 1.91. The van der Waals surface area contributed by atoms with E-state index in [0.717, 1.165) is 11.3 Å². The van der Waals surface area contributed by atoms with Crippen LogP contribution in [-0.2, 0) is 0 Å². The quantitative estimate of drug-likeness (QED) is 0.872. The highest BCUT2D eigenvalue weighted by atomic mass is 16.5. The van der Waals surface area contributed by atoms with Gasteiger partial charge in [0.2, 0.25) is 0 Å². The molecular formula is C13H17NO3. The number of hydrogen-bond donors (Lipinski definition) is 1.